The fourth-order valence-electron chi connectivity index (χ4n) is 8.90. The average Bonchev–Trinajstić information content (AvgIpc) is 3.45. The minimum Gasteiger partial charge on any atom is -0.323 e. The molecule has 4 heterocycles. The zero-order valence-electron chi connectivity index (χ0n) is 20.3. The Morgan fingerprint density at radius 1 is 0.697 bits per heavy atom. The molecule has 3 aliphatic heterocycles. The third-order valence-corrected chi connectivity index (χ3v) is 10.1. The van der Waals surface area contributed by atoms with Gasteiger partial charge in [0.15, 0.2) is 0 Å². The summed E-state index contributed by atoms with van der Waals surface area (Å²) in [4.78, 5) is 8.32. The molecule has 2 unspecified atom stereocenters. The van der Waals surface area contributed by atoms with Gasteiger partial charge in [-0.05, 0) is 88.3 Å². The van der Waals surface area contributed by atoms with E-state index in [1.165, 1.54) is 100 Å². The van der Waals surface area contributed by atoms with Crippen molar-refractivity contribution in [1.82, 2.24) is 19.8 Å². The Kier molecular flexibility index (Phi) is 5.51. The summed E-state index contributed by atoms with van der Waals surface area (Å²) in [5.74, 6) is 3.37. The van der Waals surface area contributed by atoms with E-state index < -0.39 is 0 Å². The molecule has 5 aliphatic rings. The van der Waals surface area contributed by atoms with Crippen LogP contribution in [0, 0.1) is 11.8 Å². The number of hydrogen-bond acceptors (Lipinski definition) is 3. The summed E-state index contributed by atoms with van der Waals surface area (Å²) in [5.41, 5.74) is 2.58. The molecule has 5 fully saturated rings. The summed E-state index contributed by atoms with van der Waals surface area (Å²) in [6.07, 6.45) is 20.0. The third kappa shape index (κ3) is 3.76. The standard InChI is InChI=1S/C29H42N4/c1-2-8-21-15-20(7-1)16-24(17-21)32-22-9-5-10-23(32)19-25(18-22)33-28-13-4-3-11-26(28)31-29(33)27-12-6-14-30-27/h3-4,11,13,20-25,27,30H,1-2,5-10,12,14-19H2/t20-,21+,22-,23+,24?,25?,27-/m1/s1. The predicted molar refractivity (Wildman–Crippen MR) is 134 cm³/mol. The summed E-state index contributed by atoms with van der Waals surface area (Å²) in [7, 11) is 0. The number of imidazole rings is 1. The highest BCUT2D eigenvalue weighted by atomic mass is 15.3. The van der Waals surface area contributed by atoms with Crippen LogP contribution in [0.5, 0.6) is 0 Å². The van der Waals surface area contributed by atoms with Crippen molar-refractivity contribution in [2.24, 2.45) is 11.8 Å². The Morgan fingerprint density at radius 2 is 1.45 bits per heavy atom. The molecule has 1 aromatic carbocycles. The van der Waals surface area contributed by atoms with Gasteiger partial charge in [0.25, 0.3) is 0 Å². The molecule has 0 amide bonds. The van der Waals surface area contributed by atoms with Gasteiger partial charge in [-0.3, -0.25) is 4.90 Å². The monoisotopic (exact) mass is 446 g/mol. The first-order valence-electron chi connectivity index (χ1n) is 14.3. The molecule has 4 bridgehead atoms. The van der Waals surface area contributed by atoms with Crippen LogP contribution >= 0.6 is 0 Å². The van der Waals surface area contributed by atoms with Crippen LogP contribution in [-0.4, -0.2) is 39.1 Å². The number of rotatable bonds is 3. The van der Waals surface area contributed by atoms with E-state index in [1.807, 2.05) is 0 Å². The van der Waals surface area contributed by atoms with E-state index in [0.29, 0.717) is 12.1 Å². The van der Waals surface area contributed by atoms with Gasteiger partial charge < -0.3 is 9.88 Å². The Bertz CT molecular complexity index is 947. The Balaban J connectivity index is 1.19. The number of nitrogens with zero attached hydrogens (tertiary/aromatic N) is 3. The van der Waals surface area contributed by atoms with E-state index in [1.54, 1.807) is 6.42 Å². The highest BCUT2D eigenvalue weighted by Crippen LogP contribution is 2.47. The molecule has 33 heavy (non-hydrogen) atoms. The van der Waals surface area contributed by atoms with Gasteiger partial charge in [-0.25, -0.2) is 4.98 Å². The van der Waals surface area contributed by atoms with Gasteiger partial charge in [0.2, 0.25) is 0 Å². The van der Waals surface area contributed by atoms with Crippen LogP contribution in [0.1, 0.15) is 108 Å². The maximum atomic E-state index is 5.21. The predicted octanol–water partition coefficient (Wildman–Crippen LogP) is 6.38. The Labute approximate surface area is 199 Å². The molecule has 2 saturated carbocycles. The molecule has 178 valence electrons. The van der Waals surface area contributed by atoms with E-state index in [0.717, 1.165) is 36.5 Å². The molecular formula is C29H42N4. The van der Waals surface area contributed by atoms with Crippen LogP contribution in [0.25, 0.3) is 11.0 Å². The number of para-hydroxylation sites is 2. The first-order valence-corrected chi connectivity index (χ1v) is 14.3. The summed E-state index contributed by atoms with van der Waals surface area (Å²) in [6.45, 7) is 1.14. The second-order valence-corrected chi connectivity index (χ2v) is 12.2. The lowest BCUT2D eigenvalue weighted by Crippen LogP contribution is -2.58. The minimum absolute atomic E-state index is 0.441. The molecule has 1 N–H and O–H groups in total. The molecule has 1 aromatic heterocycles. The second-order valence-electron chi connectivity index (χ2n) is 12.2. The normalized spacial score (nSPS) is 39.6. The Morgan fingerprint density at radius 3 is 2.18 bits per heavy atom. The van der Waals surface area contributed by atoms with Gasteiger partial charge >= 0.3 is 0 Å². The number of benzene rings is 1. The highest BCUT2D eigenvalue weighted by molar-refractivity contribution is 5.76. The maximum absolute atomic E-state index is 5.21. The number of fused-ring (bicyclic) bond motifs is 5. The molecule has 7 atom stereocenters. The van der Waals surface area contributed by atoms with Crippen molar-refractivity contribution in [3.63, 3.8) is 0 Å². The lowest BCUT2D eigenvalue weighted by Gasteiger charge is -2.54. The van der Waals surface area contributed by atoms with Crippen molar-refractivity contribution in [3.05, 3.63) is 30.1 Å². The highest BCUT2D eigenvalue weighted by Gasteiger charge is 2.45. The van der Waals surface area contributed by atoms with E-state index in [-0.39, 0.29) is 0 Å². The molecule has 2 aliphatic carbocycles. The van der Waals surface area contributed by atoms with Crippen LogP contribution in [0.2, 0.25) is 0 Å². The van der Waals surface area contributed by atoms with Crippen LogP contribution in [0.3, 0.4) is 0 Å². The summed E-state index contributed by atoms with van der Waals surface area (Å²) >= 11 is 0. The maximum Gasteiger partial charge on any atom is 0.127 e. The fraction of sp³-hybridized carbons (Fsp3) is 0.759. The van der Waals surface area contributed by atoms with Crippen molar-refractivity contribution in [3.8, 4) is 0 Å². The zero-order chi connectivity index (χ0) is 21.8. The minimum atomic E-state index is 0.441. The van der Waals surface area contributed by atoms with E-state index in [4.69, 9.17) is 4.98 Å². The SMILES string of the molecule is c1ccc2c(c1)nc([C@H]1CCCN1)n2C1C[C@H]2CCC[C@@H](C1)N2C1C[C@H]2CCCC[C@@H](C1)C2. The van der Waals surface area contributed by atoms with E-state index in [2.05, 4.69) is 39.0 Å². The van der Waals surface area contributed by atoms with Crippen molar-refractivity contribution in [2.75, 3.05) is 6.54 Å². The number of piperidine rings is 2. The number of hydrogen-bond donors (Lipinski definition) is 1. The summed E-state index contributed by atoms with van der Waals surface area (Å²) in [5, 5.41) is 3.76. The van der Waals surface area contributed by atoms with Crippen molar-refractivity contribution >= 4 is 11.0 Å². The van der Waals surface area contributed by atoms with Crippen LogP contribution in [0.4, 0.5) is 0 Å². The quantitative estimate of drug-likeness (QED) is 0.594. The molecule has 0 spiro atoms. The molecule has 4 nitrogen and oxygen atoms in total. The lowest BCUT2D eigenvalue weighted by molar-refractivity contribution is -0.0421. The van der Waals surface area contributed by atoms with Crippen molar-refractivity contribution in [1.29, 1.82) is 0 Å². The molecule has 3 saturated heterocycles. The molecule has 2 aromatic rings. The Hall–Kier alpha value is -1.39. The molecule has 0 radical (unpaired) electrons. The lowest BCUT2D eigenvalue weighted by atomic mass is 9.73. The van der Waals surface area contributed by atoms with Crippen molar-refractivity contribution in [2.45, 2.75) is 120 Å². The summed E-state index contributed by atoms with van der Waals surface area (Å²) < 4.78 is 2.71. The van der Waals surface area contributed by atoms with E-state index in [9.17, 15) is 0 Å². The number of aromatic nitrogens is 2. The topological polar surface area (TPSA) is 33.1 Å². The van der Waals surface area contributed by atoms with Crippen LogP contribution < -0.4 is 5.32 Å². The summed E-state index contributed by atoms with van der Waals surface area (Å²) in [6, 6.07) is 12.4. The molecule has 4 heteroatoms. The van der Waals surface area contributed by atoms with Crippen LogP contribution in [-0.2, 0) is 0 Å². The van der Waals surface area contributed by atoms with E-state index >= 15 is 0 Å². The zero-order valence-corrected chi connectivity index (χ0v) is 20.3. The largest absolute Gasteiger partial charge is 0.323 e. The second kappa shape index (κ2) is 8.68. The third-order valence-electron chi connectivity index (χ3n) is 10.1. The van der Waals surface area contributed by atoms with Gasteiger partial charge in [0.05, 0.1) is 17.1 Å². The number of nitrogens with one attached hydrogen (secondary N) is 1. The van der Waals surface area contributed by atoms with Crippen LogP contribution in [0.15, 0.2) is 24.3 Å². The first-order chi connectivity index (χ1) is 16.3. The molecular weight excluding hydrogens is 404 g/mol. The van der Waals surface area contributed by atoms with Gasteiger partial charge in [-0.2, -0.15) is 0 Å². The van der Waals surface area contributed by atoms with Gasteiger partial charge in [0.1, 0.15) is 5.82 Å². The smallest absolute Gasteiger partial charge is 0.127 e. The van der Waals surface area contributed by atoms with Gasteiger partial charge in [-0.15, -0.1) is 0 Å². The molecule has 7 rings (SSSR count). The van der Waals surface area contributed by atoms with Gasteiger partial charge in [-0.1, -0.05) is 44.2 Å². The fourth-order valence-corrected chi connectivity index (χ4v) is 8.90. The average molecular weight is 447 g/mol. The van der Waals surface area contributed by atoms with Crippen molar-refractivity contribution < 1.29 is 0 Å². The first kappa shape index (κ1) is 20.9. The van der Waals surface area contributed by atoms with Gasteiger partial charge in [0, 0.05) is 24.2 Å².